The normalized spacial score (nSPS) is 10.7. The average molecular weight is 354 g/mol. The molecular weight excluding hydrogens is 328 g/mol. The molecule has 0 aliphatic heterocycles. The number of hydrazone groups is 1. The van der Waals surface area contributed by atoms with Crippen LogP contribution in [0.25, 0.3) is 0 Å². The molecule has 0 aliphatic carbocycles. The van der Waals surface area contributed by atoms with Gasteiger partial charge in [0.25, 0.3) is 5.91 Å². The molecular formula is C21H26N2O3. The lowest BCUT2D eigenvalue weighted by Gasteiger charge is -2.12. The molecule has 26 heavy (non-hydrogen) atoms. The lowest BCUT2D eigenvalue weighted by molar-refractivity contribution is 0.0955. The zero-order valence-electron chi connectivity index (χ0n) is 15.4. The van der Waals surface area contributed by atoms with E-state index in [1.54, 1.807) is 18.3 Å². The third kappa shape index (κ3) is 6.24. The van der Waals surface area contributed by atoms with Crippen LogP contribution >= 0.6 is 0 Å². The second-order valence-corrected chi connectivity index (χ2v) is 5.76. The molecule has 138 valence electrons. The molecule has 2 aromatic rings. The predicted octanol–water partition coefficient (Wildman–Crippen LogP) is 4.42. The number of hydrogen-bond donors (Lipinski definition) is 1. The van der Waals surface area contributed by atoms with Crippen LogP contribution in [0.4, 0.5) is 0 Å². The molecule has 5 heteroatoms. The van der Waals surface area contributed by atoms with Crippen molar-refractivity contribution in [1.82, 2.24) is 5.43 Å². The minimum absolute atomic E-state index is 0.247. The summed E-state index contributed by atoms with van der Waals surface area (Å²) in [6.07, 6.45) is 4.92. The summed E-state index contributed by atoms with van der Waals surface area (Å²) in [5.41, 5.74) is 3.91. The minimum atomic E-state index is -0.247. The Labute approximate surface area is 155 Å². The molecule has 0 radical (unpaired) electrons. The molecule has 0 bridgehead atoms. The van der Waals surface area contributed by atoms with E-state index in [4.69, 9.17) is 9.47 Å². The van der Waals surface area contributed by atoms with Crippen LogP contribution in [0.1, 0.15) is 49.0 Å². The summed E-state index contributed by atoms with van der Waals surface area (Å²) in [5, 5.41) is 4.01. The molecule has 1 N–H and O–H groups in total. The Morgan fingerprint density at radius 2 is 1.85 bits per heavy atom. The van der Waals surface area contributed by atoms with Gasteiger partial charge in [0.15, 0.2) is 11.5 Å². The SMILES string of the molecule is CCCCCOc1ccc(/C=N/NC(=O)c2ccccc2)cc1OCC. The fourth-order valence-electron chi connectivity index (χ4n) is 2.35. The minimum Gasteiger partial charge on any atom is -0.490 e. The molecule has 0 saturated heterocycles. The van der Waals surface area contributed by atoms with Crippen molar-refractivity contribution in [3.8, 4) is 11.5 Å². The Kier molecular flexibility index (Phi) is 8.19. The fourth-order valence-corrected chi connectivity index (χ4v) is 2.35. The van der Waals surface area contributed by atoms with Gasteiger partial charge in [-0.25, -0.2) is 5.43 Å². The standard InChI is InChI=1S/C21H26N2O3/c1-3-5-9-14-26-19-13-12-17(15-20(19)25-4-2)16-22-23-21(24)18-10-7-6-8-11-18/h6-8,10-13,15-16H,3-5,9,14H2,1-2H3,(H,23,24)/b22-16+. The quantitative estimate of drug-likeness (QED) is 0.390. The molecule has 0 heterocycles. The summed E-state index contributed by atoms with van der Waals surface area (Å²) < 4.78 is 11.5. The highest BCUT2D eigenvalue weighted by atomic mass is 16.5. The van der Waals surface area contributed by atoms with E-state index in [0.717, 1.165) is 30.6 Å². The highest BCUT2D eigenvalue weighted by Gasteiger charge is 2.06. The van der Waals surface area contributed by atoms with Crippen LogP contribution in [-0.4, -0.2) is 25.3 Å². The van der Waals surface area contributed by atoms with Crippen molar-refractivity contribution >= 4 is 12.1 Å². The predicted molar refractivity (Wildman–Crippen MR) is 104 cm³/mol. The van der Waals surface area contributed by atoms with E-state index in [9.17, 15) is 4.79 Å². The van der Waals surface area contributed by atoms with Gasteiger partial charge in [-0.1, -0.05) is 38.0 Å². The molecule has 0 aliphatic rings. The Morgan fingerprint density at radius 1 is 1.04 bits per heavy atom. The zero-order valence-corrected chi connectivity index (χ0v) is 15.4. The van der Waals surface area contributed by atoms with E-state index in [0.29, 0.717) is 24.5 Å². The van der Waals surface area contributed by atoms with Gasteiger partial charge in [-0.3, -0.25) is 4.79 Å². The highest BCUT2D eigenvalue weighted by molar-refractivity contribution is 5.94. The number of carbonyl (C=O) groups excluding carboxylic acids is 1. The van der Waals surface area contributed by atoms with Crippen molar-refractivity contribution in [2.24, 2.45) is 5.10 Å². The highest BCUT2D eigenvalue weighted by Crippen LogP contribution is 2.28. The van der Waals surface area contributed by atoms with Gasteiger partial charge in [0.1, 0.15) is 0 Å². The van der Waals surface area contributed by atoms with E-state index < -0.39 is 0 Å². The lowest BCUT2D eigenvalue weighted by Crippen LogP contribution is -2.17. The van der Waals surface area contributed by atoms with Crippen LogP contribution in [0.5, 0.6) is 11.5 Å². The maximum Gasteiger partial charge on any atom is 0.271 e. The van der Waals surface area contributed by atoms with Crippen LogP contribution in [-0.2, 0) is 0 Å². The smallest absolute Gasteiger partial charge is 0.271 e. The lowest BCUT2D eigenvalue weighted by atomic mass is 10.2. The number of amides is 1. The molecule has 0 fully saturated rings. The number of nitrogens with zero attached hydrogens (tertiary/aromatic N) is 1. The summed E-state index contributed by atoms with van der Waals surface area (Å²) >= 11 is 0. The van der Waals surface area contributed by atoms with E-state index >= 15 is 0 Å². The first kappa shape index (κ1) is 19.5. The third-order valence-corrected chi connectivity index (χ3v) is 3.69. The van der Waals surface area contributed by atoms with Gasteiger partial charge in [-0.2, -0.15) is 5.10 Å². The Morgan fingerprint density at radius 3 is 2.58 bits per heavy atom. The summed E-state index contributed by atoms with van der Waals surface area (Å²) in [7, 11) is 0. The van der Waals surface area contributed by atoms with E-state index in [2.05, 4.69) is 17.5 Å². The number of carbonyl (C=O) groups is 1. The molecule has 0 unspecified atom stereocenters. The maximum atomic E-state index is 12.0. The van der Waals surface area contributed by atoms with Crippen molar-refractivity contribution in [3.63, 3.8) is 0 Å². The Bertz CT molecular complexity index is 714. The molecule has 2 aromatic carbocycles. The van der Waals surface area contributed by atoms with Crippen LogP contribution in [0, 0.1) is 0 Å². The van der Waals surface area contributed by atoms with Crippen molar-refractivity contribution in [2.75, 3.05) is 13.2 Å². The third-order valence-electron chi connectivity index (χ3n) is 3.69. The van der Waals surface area contributed by atoms with E-state index in [1.807, 2.05) is 43.3 Å². The maximum absolute atomic E-state index is 12.0. The average Bonchev–Trinajstić information content (AvgIpc) is 2.67. The van der Waals surface area contributed by atoms with Gasteiger partial charge < -0.3 is 9.47 Å². The molecule has 5 nitrogen and oxygen atoms in total. The summed E-state index contributed by atoms with van der Waals surface area (Å²) in [6, 6.07) is 14.6. The fraction of sp³-hybridized carbons (Fsp3) is 0.333. The Balaban J connectivity index is 1.98. The van der Waals surface area contributed by atoms with Gasteiger partial charge in [-0.05, 0) is 49.2 Å². The van der Waals surface area contributed by atoms with Gasteiger partial charge >= 0.3 is 0 Å². The van der Waals surface area contributed by atoms with Gasteiger partial charge in [-0.15, -0.1) is 0 Å². The Hall–Kier alpha value is -2.82. The second kappa shape index (κ2) is 10.9. The molecule has 0 saturated carbocycles. The van der Waals surface area contributed by atoms with Gasteiger partial charge in [0.2, 0.25) is 0 Å². The molecule has 0 aromatic heterocycles. The largest absolute Gasteiger partial charge is 0.490 e. The topological polar surface area (TPSA) is 59.9 Å². The molecule has 1 amide bonds. The van der Waals surface area contributed by atoms with E-state index in [-0.39, 0.29) is 5.91 Å². The van der Waals surface area contributed by atoms with Crippen LogP contribution in [0.15, 0.2) is 53.6 Å². The van der Waals surface area contributed by atoms with Crippen molar-refractivity contribution in [2.45, 2.75) is 33.1 Å². The van der Waals surface area contributed by atoms with E-state index in [1.165, 1.54) is 0 Å². The van der Waals surface area contributed by atoms with Crippen LogP contribution < -0.4 is 14.9 Å². The van der Waals surface area contributed by atoms with Gasteiger partial charge in [0.05, 0.1) is 19.4 Å². The van der Waals surface area contributed by atoms with Gasteiger partial charge in [0, 0.05) is 5.56 Å². The van der Waals surface area contributed by atoms with Crippen LogP contribution in [0.2, 0.25) is 0 Å². The van der Waals surface area contributed by atoms with Crippen molar-refractivity contribution < 1.29 is 14.3 Å². The first-order valence-electron chi connectivity index (χ1n) is 9.02. The van der Waals surface area contributed by atoms with Crippen LogP contribution in [0.3, 0.4) is 0 Å². The number of rotatable bonds is 10. The zero-order chi connectivity index (χ0) is 18.6. The molecule has 0 atom stereocenters. The number of benzene rings is 2. The molecule has 2 rings (SSSR count). The first-order valence-corrected chi connectivity index (χ1v) is 9.02. The van der Waals surface area contributed by atoms with Crippen molar-refractivity contribution in [3.05, 3.63) is 59.7 Å². The number of hydrogen-bond acceptors (Lipinski definition) is 4. The number of unbranched alkanes of at least 4 members (excludes halogenated alkanes) is 2. The summed E-state index contributed by atoms with van der Waals surface area (Å²) in [5.74, 6) is 1.17. The first-order chi connectivity index (χ1) is 12.7. The second-order valence-electron chi connectivity index (χ2n) is 5.76. The number of ether oxygens (including phenoxy) is 2. The monoisotopic (exact) mass is 354 g/mol. The number of nitrogens with one attached hydrogen (secondary N) is 1. The van der Waals surface area contributed by atoms with Crippen molar-refractivity contribution in [1.29, 1.82) is 0 Å². The summed E-state index contributed by atoms with van der Waals surface area (Å²) in [6.45, 7) is 5.32. The molecule has 0 spiro atoms. The summed E-state index contributed by atoms with van der Waals surface area (Å²) in [4.78, 5) is 12.0.